The third-order valence-corrected chi connectivity index (χ3v) is 4.96. The smallest absolute Gasteiger partial charge is 0.0934 e. The molecule has 0 amide bonds. The van der Waals surface area contributed by atoms with Gasteiger partial charge in [-0.2, -0.15) is 0 Å². The van der Waals surface area contributed by atoms with Gasteiger partial charge in [0.1, 0.15) is 0 Å². The van der Waals surface area contributed by atoms with E-state index in [2.05, 4.69) is 57.3 Å². The Morgan fingerprint density at radius 2 is 1.81 bits per heavy atom. The number of hydrogen-bond acceptors (Lipinski definition) is 3. The van der Waals surface area contributed by atoms with E-state index < -0.39 is 0 Å². The summed E-state index contributed by atoms with van der Waals surface area (Å²) < 4.78 is 0. The first-order valence-electron chi connectivity index (χ1n) is 7.77. The van der Waals surface area contributed by atoms with Crippen molar-refractivity contribution in [3.05, 3.63) is 51.0 Å². The molecule has 2 rings (SSSR count). The van der Waals surface area contributed by atoms with Crippen LogP contribution >= 0.6 is 11.3 Å². The predicted octanol–water partition coefficient (Wildman–Crippen LogP) is 4.08. The zero-order valence-corrected chi connectivity index (χ0v) is 14.4. The van der Waals surface area contributed by atoms with Gasteiger partial charge in [0.25, 0.3) is 0 Å². The third kappa shape index (κ3) is 4.94. The molecule has 1 atom stereocenters. The summed E-state index contributed by atoms with van der Waals surface area (Å²) in [5, 5.41) is 4.78. The largest absolute Gasteiger partial charge is 0.317 e. The van der Waals surface area contributed by atoms with Gasteiger partial charge in [-0.1, -0.05) is 36.8 Å². The van der Waals surface area contributed by atoms with E-state index in [0.29, 0.717) is 5.92 Å². The molecule has 0 radical (unpaired) electrons. The number of thiazole rings is 1. The highest BCUT2D eigenvalue weighted by Gasteiger charge is 2.14. The van der Waals surface area contributed by atoms with Crippen molar-refractivity contribution >= 4 is 11.3 Å². The molecule has 1 aromatic carbocycles. The Labute approximate surface area is 132 Å². The summed E-state index contributed by atoms with van der Waals surface area (Å²) in [4.78, 5) is 6.05. The van der Waals surface area contributed by atoms with Crippen molar-refractivity contribution in [1.82, 2.24) is 10.3 Å². The second kappa shape index (κ2) is 7.71. The van der Waals surface area contributed by atoms with Crippen LogP contribution in [0.4, 0.5) is 0 Å². The zero-order chi connectivity index (χ0) is 15.2. The molecular formula is C18H26N2S. The van der Waals surface area contributed by atoms with Crippen LogP contribution in [0.2, 0.25) is 0 Å². The monoisotopic (exact) mass is 302 g/mol. The van der Waals surface area contributed by atoms with Crippen LogP contribution in [-0.4, -0.2) is 18.1 Å². The molecule has 1 unspecified atom stereocenters. The van der Waals surface area contributed by atoms with E-state index in [-0.39, 0.29) is 0 Å². The van der Waals surface area contributed by atoms with Crippen LogP contribution in [-0.2, 0) is 12.8 Å². The van der Waals surface area contributed by atoms with Crippen molar-refractivity contribution < 1.29 is 0 Å². The third-order valence-electron chi connectivity index (χ3n) is 3.86. The highest BCUT2D eigenvalue weighted by Crippen LogP contribution is 2.21. The molecule has 0 saturated carbocycles. The van der Waals surface area contributed by atoms with Crippen LogP contribution in [0.25, 0.3) is 0 Å². The van der Waals surface area contributed by atoms with Gasteiger partial charge in [0, 0.05) is 11.3 Å². The number of hydrogen-bond donors (Lipinski definition) is 1. The Hall–Kier alpha value is -1.19. The van der Waals surface area contributed by atoms with Gasteiger partial charge in [0.05, 0.1) is 10.7 Å². The van der Waals surface area contributed by atoms with Crippen LogP contribution in [0.5, 0.6) is 0 Å². The molecular weight excluding hydrogens is 276 g/mol. The van der Waals surface area contributed by atoms with E-state index in [0.717, 1.165) is 25.9 Å². The first kappa shape index (κ1) is 16.2. The fraction of sp³-hybridized carbons (Fsp3) is 0.500. The van der Waals surface area contributed by atoms with Gasteiger partial charge < -0.3 is 5.32 Å². The molecule has 2 nitrogen and oxygen atoms in total. The maximum absolute atomic E-state index is 4.70. The highest BCUT2D eigenvalue weighted by atomic mass is 32.1. The lowest BCUT2D eigenvalue weighted by molar-refractivity contribution is 0.477. The molecule has 1 heterocycles. The molecule has 0 spiro atoms. The number of aryl methyl sites for hydroxylation is 3. The SMILES string of the molecule is CCNCC(Cc1ccc(C)cc1)Cc1nc(C)c(C)s1. The van der Waals surface area contributed by atoms with Gasteiger partial charge in [-0.05, 0) is 51.8 Å². The lowest BCUT2D eigenvalue weighted by Crippen LogP contribution is -2.25. The minimum atomic E-state index is 0.609. The minimum Gasteiger partial charge on any atom is -0.317 e. The second-order valence-electron chi connectivity index (χ2n) is 5.82. The molecule has 0 aliphatic heterocycles. The molecule has 0 saturated heterocycles. The number of aromatic nitrogens is 1. The van der Waals surface area contributed by atoms with Crippen molar-refractivity contribution in [2.75, 3.05) is 13.1 Å². The van der Waals surface area contributed by atoms with E-state index in [1.165, 1.54) is 26.7 Å². The van der Waals surface area contributed by atoms with Crippen LogP contribution in [0.1, 0.15) is 33.6 Å². The first-order chi connectivity index (χ1) is 10.1. The predicted molar refractivity (Wildman–Crippen MR) is 92.2 cm³/mol. The molecule has 1 N–H and O–H groups in total. The Kier molecular flexibility index (Phi) is 5.95. The van der Waals surface area contributed by atoms with Gasteiger partial charge in [0.2, 0.25) is 0 Å². The molecule has 0 aliphatic rings. The van der Waals surface area contributed by atoms with E-state index in [9.17, 15) is 0 Å². The van der Waals surface area contributed by atoms with Crippen LogP contribution in [0, 0.1) is 26.7 Å². The summed E-state index contributed by atoms with van der Waals surface area (Å²) in [6.07, 6.45) is 2.19. The van der Waals surface area contributed by atoms with E-state index in [1.54, 1.807) is 0 Å². The molecule has 0 bridgehead atoms. The normalized spacial score (nSPS) is 12.6. The van der Waals surface area contributed by atoms with Gasteiger partial charge in [-0.3, -0.25) is 0 Å². The minimum absolute atomic E-state index is 0.609. The molecule has 2 aromatic rings. The molecule has 21 heavy (non-hydrogen) atoms. The fourth-order valence-electron chi connectivity index (χ4n) is 2.50. The molecule has 1 aromatic heterocycles. The summed E-state index contributed by atoms with van der Waals surface area (Å²) in [5.74, 6) is 0.609. The molecule has 0 aliphatic carbocycles. The molecule has 0 fully saturated rings. The highest BCUT2D eigenvalue weighted by molar-refractivity contribution is 7.11. The molecule has 3 heteroatoms. The molecule has 114 valence electrons. The standard InChI is InChI=1S/C18H26N2S/c1-5-19-12-17(10-16-8-6-13(2)7-9-16)11-18-20-14(3)15(4)21-18/h6-9,17,19H,5,10-12H2,1-4H3. The number of nitrogens with zero attached hydrogens (tertiary/aromatic N) is 1. The maximum atomic E-state index is 4.70. The van der Waals surface area contributed by atoms with Crippen molar-refractivity contribution in [2.24, 2.45) is 5.92 Å². The van der Waals surface area contributed by atoms with Crippen LogP contribution < -0.4 is 5.32 Å². The lowest BCUT2D eigenvalue weighted by atomic mass is 9.95. The van der Waals surface area contributed by atoms with Crippen molar-refractivity contribution in [3.8, 4) is 0 Å². The van der Waals surface area contributed by atoms with E-state index in [4.69, 9.17) is 4.98 Å². The fourth-order valence-corrected chi connectivity index (χ4v) is 3.54. The first-order valence-corrected chi connectivity index (χ1v) is 8.59. The lowest BCUT2D eigenvalue weighted by Gasteiger charge is -2.16. The average molecular weight is 302 g/mol. The van der Waals surface area contributed by atoms with Crippen LogP contribution in [0.3, 0.4) is 0 Å². The summed E-state index contributed by atoms with van der Waals surface area (Å²) in [5.41, 5.74) is 3.94. The quantitative estimate of drug-likeness (QED) is 0.833. The topological polar surface area (TPSA) is 24.9 Å². The Bertz CT molecular complexity index is 538. The Balaban J connectivity index is 2.04. The number of nitrogens with one attached hydrogen (secondary N) is 1. The summed E-state index contributed by atoms with van der Waals surface area (Å²) in [6, 6.07) is 8.92. The van der Waals surface area contributed by atoms with Gasteiger partial charge >= 0.3 is 0 Å². The van der Waals surface area contributed by atoms with E-state index in [1.807, 2.05) is 11.3 Å². The summed E-state index contributed by atoms with van der Waals surface area (Å²) >= 11 is 1.85. The zero-order valence-electron chi connectivity index (χ0n) is 13.6. The van der Waals surface area contributed by atoms with Crippen molar-refractivity contribution in [1.29, 1.82) is 0 Å². The average Bonchev–Trinajstić information content (AvgIpc) is 2.77. The van der Waals surface area contributed by atoms with Crippen molar-refractivity contribution in [3.63, 3.8) is 0 Å². The Morgan fingerprint density at radius 1 is 1.10 bits per heavy atom. The number of rotatable bonds is 7. The Morgan fingerprint density at radius 3 is 2.38 bits per heavy atom. The maximum Gasteiger partial charge on any atom is 0.0934 e. The van der Waals surface area contributed by atoms with Gasteiger partial charge in [-0.15, -0.1) is 11.3 Å². The second-order valence-corrected chi connectivity index (χ2v) is 7.10. The van der Waals surface area contributed by atoms with Crippen molar-refractivity contribution in [2.45, 2.75) is 40.5 Å². The van der Waals surface area contributed by atoms with Crippen LogP contribution in [0.15, 0.2) is 24.3 Å². The van der Waals surface area contributed by atoms with E-state index >= 15 is 0 Å². The summed E-state index contributed by atoms with van der Waals surface area (Å²) in [7, 11) is 0. The number of benzene rings is 1. The van der Waals surface area contributed by atoms with Gasteiger partial charge in [0.15, 0.2) is 0 Å². The van der Waals surface area contributed by atoms with Gasteiger partial charge in [-0.25, -0.2) is 4.98 Å². The summed E-state index contributed by atoms with van der Waals surface area (Å²) in [6.45, 7) is 10.7.